The van der Waals surface area contributed by atoms with Gasteiger partial charge in [-0.15, -0.1) is 0 Å². The number of rotatable bonds is 2. The average Bonchev–Trinajstić information content (AvgIpc) is 2.35. The fourth-order valence-electron chi connectivity index (χ4n) is 1.58. The van der Waals surface area contributed by atoms with Crippen LogP contribution in [0.3, 0.4) is 0 Å². The number of hydrogen-bond acceptors (Lipinski definition) is 3. The lowest BCUT2D eigenvalue weighted by Crippen LogP contribution is -1.91. The summed E-state index contributed by atoms with van der Waals surface area (Å²) in [7, 11) is 0. The van der Waals surface area contributed by atoms with Crippen LogP contribution >= 0.6 is 0 Å². The summed E-state index contributed by atoms with van der Waals surface area (Å²) in [5.41, 5.74) is 14.6. The van der Waals surface area contributed by atoms with Crippen molar-refractivity contribution >= 4 is 22.9 Å². The Morgan fingerprint density at radius 2 is 1.12 bits per heavy atom. The molecule has 3 heteroatoms. The smallest absolute Gasteiger partial charge is 0.133 e. The van der Waals surface area contributed by atoms with Gasteiger partial charge in [0.15, 0.2) is 0 Å². The second-order valence-corrected chi connectivity index (χ2v) is 3.72. The second-order valence-electron chi connectivity index (χ2n) is 3.72. The molecule has 0 spiro atoms. The van der Waals surface area contributed by atoms with E-state index in [4.69, 9.17) is 11.5 Å². The fraction of sp³-hybridized carbons (Fsp3) is 0. The summed E-state index contributed by atoms with van der Waals surface area (Å²) in [6.45, 7) is 0. The van der Waals surface area contributed by atoms with E-state index in [0.29, 0.717) is 16.9 Å². The Hall–Kier alpha value is -2.51. The van der Waals surface area contributed by atoms with Gasteiger partial charge in [0.2, 0.25) is 0 Å². The molecule has 0 aliphatic heterocycles. The fourth-order valence-corrected chi connectivity index (χ4v) is 1.58. The highest BCUT2D eigenvalue weighted by molar-refractivity contribution is 5.97. The first-order chi connectivity index (χ1) is 8.20. The van der Waals surface area contributed by atoms with Gasteiger partial charge in [-0.1, -0.05) is 24.3 Å². The molecule has 0 saturated heterocycles. The van der Waals surface area contributed by atoms with E-state index in [0.717, 1.165) is 11.1 Å². The lowest BCUT2D eigenvalue weighted by Gasteiger charge is -2.04. The molecule has 2 aromatic rings. The standard InChI is InChI=1S/C14H12N2O/c15-12-5-1-10(2-6-12)14(9-17)11-3-7-13(16)8-4-11/h1-8H,15-16H2. The molecule has 0 atom stereocenters. The summed E-state index contributed by atoms with van der Waals surface area (Å²) < 4.78 is 0. The van der Waals surface area contributed by atoms with E-state index >= 15 is 0 Å². The molecule has 0 aromatic heterocycles. The first kappa shape index (κ1) is 11.0. The van der Waals surface area contributed by atoms with Gasteiger partial charge in [0, 0.05) is 11.4 Å². The summed E-state index contributed by atoms with van der Waals surface area (Å²) in [5, 5.41) is 0. The average molecular weight is 224 g/mol. The van der Waals surface area contributed by atoms with E-state index in [2.05, 4.69) is 0 Å². The number of benzene rings is 2. The molecule has 0 fully saturated rings. The zero-order valence-corrected chi connectivity index (χ0v) is 9.18. The SMILES string of the molecule is Nc1ccc(C(=C=O)c2ccc(N)cc2)cc1. The number of anilines is 2. The Morgan fingerprint density at radius 1 is 0.765 bits per heavy atom. The van der Waals surface area contributed by atoms with Crippen LogP contribution in [0.5, 0.6) is 0 Å². The normalized spacial score (nSPS) is 9.65. The molecule has 0 heterocycles. The van der Waals surface area contributed by atoms with Gasteiger partial charge in [-0.2, -0.15) is 0 Å². The van der Waals surface area contributed by atoms with Crippen molar-refractivity contribution in [2.45, 2.75) is 0 Å². The molecule has 17 heavy (non-hydrogen) atoms. The third-order valence-electron chi connectivity index (χ3n) is 2.50. The highest BCUT2D eigenvalue weighted by Crippen LogP contribution is 2.22. The van der Waals surface area contributed by atoms with Crippen LogP contribution in [-0.2, 0) is 4.79 Å². The van der Waals surface area contributed by atoms with Crippen molar-refractivity contribution in [3.05, 3.63) is 59.7 Å². The van der Waals surface area contributed by atoms with E-state index in [-0.39, 0.29) is 0 Å². The molecule has 0 saturated carbocycles. The number of carbonyl (C=O) groups excluding carboxylic acids is 1. The van der Waals surface area contributed by atoms with Crippen LogP contribution < -0.4 is 11.5 Å². The van der Waals surface area contributed by atoms with Crippen molar-refractivity contribution in [2.75, 3.05) is 11.5 Å². The minimum Gasteiger partial charge on any atom is -0.399 e. The summed E-state index contributed by atoms with van der Waals surface area (Å²) in [5.74, 6) is 1.96. The van der Waals surface area contributed by atoms with Crippen molar-refractivity contribution in [2.24, 2.45) is 0 Å². The molecule has 2 aromatic carbocycles. The summed E-state index contributed by atoms with van der Waals surface area (Å²) in [4.78, 5) is 11.1. The third-order valence-corrected chi connectivity index (χ3v) is 2.50. The highest BCUT2D eigenvalue weighted by atomic mass is 16.1. The molecule has 0 unspecified atom stereocenters. The Balaban J connectivity index is 2.44. The first-order valence-corrected chi connectivity index (χ1v) is 5.17. The molecule has 0 amide bonds. The number of hydrogen-bond donors (Lipinski definition) is 2. The summed E-state index contributed by atoms with van der Waals surface area (Å²) in [6.07, 6.45) is 0. The zero-order chi connectivity index (χ0) is 12.3. The number of nitrogens with two attached hydrogens (primary N) is 2. The first-order valence-electron chi connectivity index (χ1n) is 5.17. The van der Waals surface area contributed by atoms with Crippen LogP contribution in [0.1, 0.15) is 11.1 Å². The Labute approximate surface area is 99.4 Å². The van der Waals surface area contributed by atoms with Crippen LogP contribution in [-0.4, -0.2) is 5.94 Å². The molecule has 0 radical (unpaired) electrons. The molecule has 0 bridgehead atoms. The van der Waals surface area contributed by atoms with Gasteiger partial charge in [-0.3, -0.25) is 0 Å². The lowest BCUT2D eigenvalue weighted by atomic mass is 9.99. The second kappa shape index (κ2) is 4.56. The minimum atomic E-state index is 0.505. The van der Waals surface area contributed by atoms with Gasteiger partial charge in [-0.05, 0) is 35.4 Å². The molecule has 84 valence electrons. The molecule has 0 aliphatic carbocycles. The van der Waals surface area contributed by atoms with Crippen molar-refractivity contribution < 1.29 is 4.79 Å². The predicted molar refractivity (Wildman–Crippen MR) is 69.9 cm³/mol. The Morgan fingerprint density at radius 3 is 1.41 bits per heavy atom. The maximum absolute atomic E-state index is 11.1. The Bertz CT molecular complexity index is 517. The van der Waals surface area contributed by atoms with Crippen molar-refractivity contribution in [1.29, 1.82) is 0 Å². The molecule has 3 nitrogen and oxygen atoms in total. The van der Waals surface area contributed by atoms with Crippen LogP contribution in [0, 0.1) is 0 Å². The summed E-state index contributed by atoms with van der Waals surface area (Å²) in [6, 6.07) is 14.2. The maximum atomic E-state index is 11.1. The highest BCUT2D eigenvalue weighted by Gasteiger charge is 2.05. The maximum Gasteiger partial charge on any atom is 0.133 e. The molecule has 0 aliphatic rings. The lowest BCUT2D eigenvalue weighted by molar-refractivity contribution is 0.569. The molecular weight excluding hydrogens is 212 g/mol. The van der Waals surface area contributed by atoms with E-state index in [9.17, 15) is 4.79 Å². The minimum absolute atomic E-state index is 0.505. The predicted octanol–water partition coefficient (Wildman–Crippen LogP) is 2.11. The zero-order valence-electron chi connectivity index (χ0n) is 9.18. The Kier molecular flexibility index (Phi) is 2.95. The van der Waals surface area contributed by atoms with Crippen LogP contribution in [0.4, 0.5) is 11.4 Å². The van der Waals surface area contributed by atoms with Gasteiger partial charge < -0.3 is 11.5 Å². The van der Waals surface area contributed by atoms with Crippen LogP contribution in [0.15, 0.2) is 48.5 Å². The van der Waals surface area contributed by atoms with E-state index in [1.165, 1.54) is 0 Å². The van der Waals surface area contributed by atoms with Crippen LogP contribution in [0.25, 0.3) is 5.57 Å². The van der Waals surface area contributed by atoms with Crippen molar-refractivity contribution in [1.82, 2.24) is 0 Å². The van der Waals surface area contributed by atoms with Gasteiger partial charge in [-0.25, -0.2) is 4.79 Å². The molecular formula is C14H12N2O. The van der Waals surface area contributed by atoms with Crippen LogP contribution in [0.2, 0.25) is 0 Å². The topological polar surface area (TPSA) is 69.1 Å². The summed E-state index contributed by atoms with van der Waals surface area (Å²) >= 11 is 0. The van der Waals surface area contributed by atoms with Gasteiger partial charge in [0.1, 0.15) is 5.94 Å². The van der Waals surface area contributed by atoms with E-state index in [1.54, 1.807) is 48.5 Å². The largest absolute Gasteiger partial charge is 0.399 e. The third kappa shape index (κ3) is 2.36. The molecule has 4 N–H and O–H groups in total. The van der Waals surface area contributed by atoms with Gasteiger partial charge in [0.25, 0.3) is 0 Å². The van der Waals surface area contributed by atoms with Crippen molar-refractivity contribution in [3.63, 3.8) is 0 Å². The van der Waals surface area contributed by atoms with E-state index in [1.807, 2.05) is 5.94 Å². The quantitative estimate of drug-likeness (QED) is 0.606. The monoisotopic (exact) mass is 224 g/mol. The van der Waals surface area contributed by atoms with E-state index < -0.39 is 0 Å². The van der Waals surface area contributed by atoms with Gasteiger partial charge >= 0.3 is 0 Å². The van der Waals surface area contributed by atoms with Crippen molar-refractivity contribution in [3.8, 4) is 0 Å². The number of nitrogen functional groups attached to an aromatic ring is 2. The van der Waals surface area contributed by atoms with Gasteiger partial charge in [0.05, 0.1) is 5.57 Å². The molecule has 2 rings (SSSR count).